The summed E-state index contributed by atoms with van der Waals surface area (Å²) in [7, 11) is 1.78. The molecule has 0 radical (unpaired) electrons. The molecule has 0 aliphatic heterocycles. The van der Waals surface area contributed by atoms with E-state index in [9.17, 15) is 0 Å². The van der Waals surface area contributed by atoms with Crippen LogP contribution in [0.4, 0.5) is 0 Å². The number of hydrogen-bond donors (Lipinski definition) is 1. The molecule has 1 saturated carbocycles. The first-order valence-corrected chi connectivity index (χ1v) is 7.59. The lowest BCUT2D eigenvalue weighted by Crippen LogP contribution is -2.42. The van der Waals surface area contributed by atoms with E-state index in [4.69, 9.17) is 4.74 Å². The Morgan fingerprint density at radius 3 is 2.67 bits per heavy atom. The van der Waals surface area contributed by atoms with Crippen LogP contribution < -0.4 is 5.32 Å². The molecule has 0 saturated heterocycles. The van der Waals surface area contributed by atoms with Gasteiger partial charge in [0.25, 0.3) is 0 Å². The maximum atomic E-state index is 5.17. The zero-order valence-electron chi connectivity index (χ0n) is 12.7. The molecule has 18 heavy (non-hydrogen) atoms. The van der Waals surface area contributed by atoms with E-state index in [0.29, 0.717) is 6.04 Å². The van der Waals surface area contributed by atoms with Crippen LogP contribution >= 0.6 is 0 Å². The van der Waals surface area contributed by atoms with Crippen LogP contribution in [-0.2, 0) is 4.74 Å². The van der Waals surface area contributed by atoms with Crippen LogP contribution in [0.5, 0.6) is 0 Å². The number of nitrogens with zero attached hydrogens (tertiary/aromatic N) is 1. The minimum atomic E-state index is 0.604. The Morgan fingerprint density at radius 2 is 2.06 bits per heavy atom. The summed E-state index contributed by atoms with van der Waals surface area (Å²) in [4.78, 5) is 2.49. The fraction of sp³-hybridized carbons (Fsp3) is 1.00. The van der Waals surface area contributed by atoms with Crippen molar-refractivity contribution < 1.29 is 4.74 Å². The number of nitrogens with one attached hydrogen (secondary N) is 1. The SMILES string of the molecule is COCCN(CCNC1CCCC(C)C1)C(C)C. The van der Waals surface area contributed by atoms with E-state index < -0.39 is 0 Å². The molecule has 0 amide bonds. The summed E-state index contributed by atoms with van der Waals surface area (Å²) in [5, 5.41) is 3.73. The summed E-state index contributed by atoms with van der Waals surface area (Å²) < 4.78 is 5.17. The third-order valence-electron chi connectivity index (χ3n) is 4.08. The van der Waals surface area contributed by atoms with Gasteiger partial charge in [-0.25, -0.2) is 0 Å². The van der Waals surface area contributed by atoms with Gasteiger partial charge in [0.15, 0.2) is 0 Å². The quantitative estimate of drug-likeness (QED) is 0.722. The molecule has 1 fully saturated rings. The lowest BCUT2D eigenvalue weighted by atomic mass is 9.87. The summed E-state index contributed by atoms with van der Waals surface area (Å²) in [5.41, 5.74) is 0. The van der Waals surface area contributed by atoms with Gasteiger partial charge in [-0.1, -0.05) is 19.8 Å². The zero-order chi connectivity index (χ0) is 13.4. The second-order valence-corrected chi connectivity index (χ2v) is 6.05. The summed E-state index contributed by atoms with van der Waals surface area (Å²) >= 11 is 0. The monoisotopic (exact) mass is 256 g/mol. The Hall–Kier alpha value is -0.120. The smallest absolute Gasteiger partial charge is 0.0589 e. The van der Waals surface area contributed by atoms with Gasteiger partial charge in [0.05, 0.1) is 6.61 Å². The van der Waals surface area contributed by atoms with Crippen LogP contribution in [0.1, 0.15) is 46.5 Å². The molecular formula is C15H32N2O. The molecule has 0 aromatic heterocycles. The van der Waals surface area contributed by atoms with Crippen LogP contribution in [0.3, 0.4) is 0 Å². The van der Waals surface area contributed by atoms with Crippen molar-refractivity contribution >= 4 is 0 Å². The summed E-state index contributed by atoms with van der Waals surface area (Å²) in [6.45, 7) is 11.0. The van der Waals surface area contributed by atoms with Gasteiger partial charge >= 0.3 is 0 Å². The summed E-state index contributed by atoms with van der Waals surface area (Å²) in [6.07, 6.45) is 5.55. The molecule has 108 valence electrons. The van der Waals surface area contributed by atoms with Gasteiger partial charge in [-0.05, 0) is 32.6 Å². The average Bonchev–Trinajstić information content (AvgIpc) is 2.33. The fourth-order valence-electron chi connectivity index (χ4n) is 2.87. The van der Waals surface area contributed by atoms with Crippen molar-refractivity contribution in [1.29, 1.82) is 0 Å². The number of rotatable bonds is 8. The van der Waals surface area contributed by atoms with Gasteiger partial charge in [-0.3, -0.25) is 4.90 Å². The molecular weight excluding hydrogens is 224 g/mol. The molecule has 3 nitrogen and oxygen atoms in total. The van der Waals surface area contributed by atoms with Crippen LogP contribution in [0, 0.1) is 5.92 Å². The van der Waals surface area contributed by atoms with Crippen molar-refractivity contribution in [2.45, 2.75) is 58.5 Å². The van der Waals surface area contributed by atoms with Crippen LogP contribution in [0.25, 0.3) is 0 Å². The fourth-order valence-corrected chi connectivity index (χ4v) is 2.87. The largest absolute Gasteiger partial charge is 0.383 e. The topological polar surface area (TPSA) is 24.5 Å². The van der Waals surface area contributed by atoms with Gasteiger partial charge in [0.2, 0.25) is 0 Å². The molecule has 0 bridgehead atoms. The maximum Gasteiger partial charge on any atom is 0.0589 e. The molecule has 1 aliphatic rings. The molecule has 0 spiro atoms. The van der Waals surface area contributed by atoms with Crippen LogP contribution in [0.15, 0.2) is 0 Å². The van der Waals surface area contributed by atoms with Gasteiger partial charge in [-0.15, -0.1) is 0 Å². The van der Waals surface area contributed by atoms with E-state index >= 15 is 0 Å². The highest BCUT2D eigenvalue weighted by atomic mass is 16.5. The first kappa shape index (κ1) is 15.9. The molecule has 3 heteroatoms. The Balaban J connectivity index is 2.17. The first-order chi connectivity index (χ1) is 8.63. The highest BCUT2D eigenvalue weighted by molar-refractivity contribution is 4.76. The van der Waals surface area contributed by atoms with E-state index in [1.807, 2.05) is 0 Å². The van der Waals surface area contributed by atoms with E-state index in [1.165, 1.54) is 25.7 Å². The molecule has 2 atom stereocenters. The van der Waals surface area contributed by atoms with Gasteiger partial charge in [0, 0.05) is 38.8 Å². The lowest BCUT2D eigenvalue weighted by Gasteiger charge is -2.30. The standard InChI is InChI=1S/C15H32N2O/c1-13(2)17(10-11-18-4)9-8-16-15-7-5-6-14(3)12-15/h13-16H,5-12H2,1-4H3. The van der Waals surface area contributed by atoms with Crippen molar-refractivity contribution in [2.75, 3.05) is 33.4 Å². The van der Waals surface area contributed by atoms with Crippen molar-refractivity contribution in [1.82, 2.24) is 10.2 Å². The maximum absolute atomic E-state index is 5.17. The predicted molar refractivity (Wildman–Crippen MR) is 78.0 cm³/mol. The number of hydrogen-bond acceptors (Lipinski definition) is 3. The minimum Gasteiger partial charge on any atom is -0.383 e. The van der Waals surface area contributed by atoms with E-state index in [-0.39, 0.29) is 0 Å². The van der Waals surface area contributed by atoms with Gasteiger partial charge in [-0.2, -0.15) is 0 Å². The first-order valence-electron chi connectivity index (χ1n) is 7.59. The second kappa shape index (κ2) is 8.89. The van der Waals surface area contributed by atoms with E-state index in [2.05, 4.69) is 31.0 Å². The summed E-state index contributed by atoms with van der Waals surface area (Å²) in [6, 6.07) is 1.36. The number of ether oxygens (including phenoxy) is 1. The highest BCUT2D eigenvalue weighted by Gasteiger charge is 2.18. The molecule has 0 heterocycles. The normalized spacial score (nSPS) is 25.0. The van der Waals surface area contributed by atoms with Gasteiger partial charge in [0.1, 0.15) is 0 Å². The molecule has 2 unspecified atom stereocenters. The predicted octanol–water partition coefficient (Wildman–Crippen LogP) is 2.51. The van der Waals surface area contributed by atoms with E-state index in [0.717, 1.165) is 38.2 Å². The molecule has 0 aromatic carbocycles. The molecule has 1 N–H and O–H groups in total. The second-order valence-electron chi connectivity index (χ2n) is 6.05. The van der Waals surface area contributed by atoms with Crippen molar-refractivity contribution in [3.05, 3.63) is 0 Å². The van der Waals surface area contributed by atoms with E-state index in [1.54, 1.807) is 7.11 Å². The summed E-state index contributed by atoms with van der Waals surface area (Å²) in [5.74, 6) is 0.908. The van der Waals surface area contributed by atoms with Gasteiger partial charge < -0.3 is 10.1 Å². The third-order valence-corrected chi connectivity index (χ3v) is 4.08. The Labute approximate surface area is 113 Å². The third kappa shape index (κ3) is 6.17. The molecule has 1 rings (SSSR count). The molecule has 1 aliphatic carbocycles. The average molecular weight is 256 g/mol. The highest BCUT2D eigenvalue weighted by Crippen LogP contribution is 2.23. The van der Waals surface area contributed by atoms with Crippen molar-refractivity contribution in [3.63, 3.8) is 0 Å². The Kier molecular flexibility index (Phi) is 7.87. The minimum absolute atomic E-state index is 0.604. The van der Waals surface area contributed by atoms with Crippen molar-refractivity contribution in [3.8, 4) is 0 Å². The Morgan fingerprint density at radius 1 is 1.28 bits per heavy atom. The lowest BCUT2D eigenvalue weighted by molar-refractivity contribution is 0.128. The van der Waals surface area contributed by atoms with Crippen molar-refractivity contribution in [2.24, 2.45) is 5.92 Å². The number of methoxy groups -OCH3 is 1. The molecule has 0 aromatic rings. The zero-order valence-corrected chi connectivity index (χ0v) is 12.7. The van der Waals surface area contributed by atoms with Crippen LogP contribution in [0.2, 0.25) is 0 Å². The van der Waals surface area contributed by atoms with Crippen LogP contribution in [-0.4, -0.2) is 50.3 Å². The Bertz CT molecular complexity index is 209.